The second-order valence-electron chi connectivity index (χ2n) is 6.28. The van der Waals surface area contributed by atoms with Crippen LogP contribution >= 0.6 is 0 Å². The normalized spacial score (nSPS) is 26.3. The van der Waals surface area contributed by atoms with Gasteiger partial charge in [0.25, 0.3) is 0 Å². The molecule has 0 radical (unpaired) electrons. The molecule has 0 aromatic heterocycles. The molecule has 1 aromatic rings. The van der Waals surface area contributed by atoms with E-state index in [0.717, 1.165) is 24.8 Å². The van der Waals surface area contributed by atoms with Gasteiger partial charge >= 0.3 is 0 Å². The molecule has 1 unspecified atom stereocenters. The number of benzene rings is 1. The summed E-state index contributed by atoms with van der Waals surface area (Å²) in [7, 11) is 2.23. The first-order valence-corrected chi connectivity index (χ1v) is 7.45. The molecule has 0 amide bonds. The van der Waals surface area contributed by atoms with E-state index >= 15 is 0 Å². The fourth-order valence-electron chi connectivity index (χ4n) is 3.74. The number of nitrogen functional groups attached to an aromatic ring is 1. The molecule has 3 heteroatoms. The summed E-state index contributed by atoms with van der Waals surface area (Å²) in [5.41, 5.74) is 9.97. The third-order valence-corrected chi connectivity index (χ3v) is 4.81. The van der Waals surface area contributed by atoms with Crippen molar-refractivity contribution in [3.63, 3.8) is 0 Å². The highest BCUT2D eigenvalue weighted by Crippen LogP contribution is 2.34. The van der Waals surface area contributed by atoms with Crippen molar-refractivity contribution in [1.29, 1.82) is 0 Å². The summed E-state index contributed by atoms with van der Waals surface area (Å²) >= 11 is 0. The van der Waals surface area contributed by atoms with Crippen molar-refractivity contribution in [2.75, 3.05) is 32.4 Å². The van der Waals surface area contributed by atoms with E-state index in [0.29, 0.717) is 5.92 Å². The second kappa shape index (κ2) is 5.14. The molecule has 0 saturated carbocycles. The number of nitrogens with two attached hydrogens (primary N) is 1. The Morgan fingerprint density at radius 3 is 2.68 bits per heavy atom. The molecule has 0 spiro atoms. The van der Waals surface area contributed by atoms with E-state index in [1.807, 2.05) is 6.07 Å². The highest BCUT2D eigenvalue weighted by molar-refractivity contribution is 5.53. The number of hydrogen-bond donors (Lipinski definition) is 1. The van der Waals surface area contributed by atoms with Crippen LogP contribution in [0.4, 0.5) is 5.69 Å². The van der Waals surface area contributed by atoms with Crippen molar-refractivity contribution < 1.29 is 0 Å². The lowest BCUT2D eigenvalue weighted by Gasteiger charge is -2.42. The van der Waals surface area contributed by atoms with Crippen LogP contribution < -0.4 is 5.73 Å². The first-order chi connectivity index (χ1) is 9.15. The smallest absolute Gasteiger partial charge is 0.0353 e. The largest absolute Gasteiger partial charge is 0.398 e. The van der Waals surface area contributed by atoms with Crippen LogP contribution in [0.5, 0.6) is 0 Å². The van der Waals surface area contributed by atoms with Crippen LogP contribution in [0.15, 0.2) is 18.2 Å². The Hall–Kier alpha value is -1.06. The highest BCUT2D eigenvalue weighted by atomic mass is 15.2. The maximum absolute atomic E-state index is 6.15. The molecule has 3 rings (SSSR count). The molecule has 2 heterocycles. The number of nitrogens with zero attached hydrogens (tertiary/aromatic N) is 2. The lowest BCUT2D eigenvalue weighted by atomic mass is 9.88. The number of piperidine rings is 1. The van der Waals surface area contributed by atoms with E-state index < -0.39 is 0 Å². The van der Waals surface area contributed by atoms with Gasteiger partial charge in [0.05, 0.1) is 0 Å². The van der Waals surface area contributed by atoms with Crippen molar-refractivity contribution in [3.05, 3.63) is 29.3 Å². The number of rotatable bonds is 1. The number of hydrogen-bond acceptors (Lipinski definition) is 3. The molecule has 1 saturated heterocycles. The van der Waals surface area contributed by atoms with Gasteiger partial charge in [0.2, 0.25) is 0 Å². The second-order valence-corrected chi connectivity index (χ2v) is 6.28. The first-order valence-electron chi connectivity index (χ1n) is 7.45. The summed E-state index contributed by atoms with van der Waals surface area (Å²) in [5, 5.41) is 0. The van der Waals surface area contributed by atoms with Gasteiger partial charge in [-0.1, -0.05) is 19.1 Å². The van der Waals surface area contributed by atoms with E-state index in [-0.39, 0.29) is 0 Å². The number of fused-ring (bicyclic) bond motifs is 1. The minimum atomic E-state index is 0.560. The zero-order valence-corrected chi connectivity index (χ0v) is 12.1. The molecule has 2 aliphatic heterocycles. The predicted molar refractivity (Wildman–Crippen MR) is 80.2 cm³/mol. The molecule has 1 fully saturated rings. The zero-order chi connectivity index (χ0) is 13.4. The summed E-state index contributed by atoms with van der Waals surface area (Å²) in [6.45, 7) is 7.03. The van der Waals surface area contributed by atoms with Gasteiger partial charge in [0, 0.05) is 24.8 Å². The highest BCUT2D eigenvalue weighted by Gasteiger charge is 2.30. The average molecular weight is 259 g/mol. The summed E-state index contributed by atoms with van der Waals surface area (Å²) in [4.78, 5) is 5.12. The SMILES string of the molecule is CC1CN(C2CCN(C)CC2)Cc2cccc(N)c21. The lowest BCUT2D eigenvalue weighted by molar-refractivity contribution is 0.102. The maximum Gasteiger partial charge on any atom is 0.0353 e. The molecule has 104 valence electrons. The van der Waals surface area contributed by atoms with E-state index in [2.05, 4.69) is 35.9 Å². The van der Waals surface area contributed by atoms with E-state index in [1.54, 1.807) is 0 Å². The summed E-state index contributed by atoms with van der Waals surface area (Å²) in [6.07, 6.45) is 2.61. The van der Waals surface area contributed by atoms with Crippen molar-refractivity contribution in [1.82, 2.24) is 9.80 Å². The molecule has 2 N–H and O–H groups in total. The minimum Gasteiger partial charge on any atom is -0.398 e. The third-order valence-electron chi connectivity index (χ3n) is 4.81. The van der Waals surface area contributed by atoms with Crippen LogP contribution in [0, 0.1) is 0 Å². The molecule has 0 aliphatic carbocycles. The van der Waals surface area contributed by atoms with E-state index in [4.69, 9.17) is 5.73 Å². The van der Waals surface area contributed by atoms with Crippen LogP contribution in [0.1, 0.15) is 36.8 Å². The van der Waals surface area contributed by atoms with Gasteiger partial charge in [-0.05, 0) is 56.1 Å². The summed E-state index contributed by atoms with van der Waals surface area (Å²) < 4.78 is 0. The van der Waals surface area contributed by atoms with E-state index in [1.165, 1.54) is 37.1 Å². The van der Waals surface area contributed by atoms with E-state index in [9.17, 15) is 0 Å². The Kier molecular flexibility index (Phi) is 3.50. The van der Waals surface area contributed by atoms with Gasteiger partial charge in [0.1, 0.15) is 0 Å². The Balaban J connectivity index is 1.78. The van der Waals surface area contributed by atoms with Crippen molar-refractivity contribution in [3.8, 4) is 0 Å². The number of likely N-dealkylation sites (tertiary alicyclic amines) is 1. The zero-order valence-electron chi connectivity index (χ0n) is 12.1. The molecule has 2 aliphatic rings. The van der Waals surface area contributed by atoms with Crippen LogP contribution in [-0.4, -0.2) is 42.5 Å². The van der Waals surface area contributed by atoms with Gasteiger partial charge in [-0.25, -0.2) is 0 Å². The Labute approximate surface area is 116 Å². The van der Waals surface area contributed by atoms with Gasteiger partial charge in [-0.15, -0.1) is 0 Å². The Morgan fingerprint density at radius 1 is 1.21 bits per heavy atom. The minimum absolute atomic E-state index is 0.560. The Bertz CT molecular complexity index is 449. The summed E-state index contributed by atoms with van der Waals surface area (Å²) in [5.74, 6) is 0.560. The van der Waals surface area contributed by atoms with Crippen LogP contribution in [0.3, 0.4) is 0 Å². The molecule has 0 bridgehead atoms. The van der Waals surface area contributed by atoms with Crippen molar-refractivity contribution >= 4 is 5.69 Å². The molecule has 1 aromatic carbocycles. The van der Waals surface area contributed by atoms with Crippen molar-refractivity contribution in [2.24, 2.45) is 0 Å². The van der Waals surface area contributed by atoms with Crippen LogP contribution in [0.2, 0.25) is 0 Å². The van der Waals surface area contributed by atoms with Gasteiger partial charge in [-0.2, -0.15) is 0 Å². The molecule has 1 atom stereocenters. The van der Waals surface area contributed by atoms with Crippen LogP contribution in [-0.2, 0) is 6.54 Å². The third kappa shape index (κ3) is 2.49. The monoisotopic (exact) mass is 259 g/mol. The average Bonchev–Trinajstić information content (AvgIpc) is 2.39. The quantitative estimate of drug-likeness (QED) is 0.785. The lowest BCUT2D eigenvalue weighted by Crippen LogP contribution is -2.46. The molecule has 3 nitrogen and oxygen atoms in total. The fourth-order valence-corrected chi connectivity index (χ4v) is 3.74. The Morgan fingerprint density at radius 2 is 1.95 bits per heavy atom. The number of anilines is 1. The van der Waals surface area contributed by atoms with Gasteiger partial charge in [0.15, 0.2) is 0 Å². The molecular formula is C16H25N3. The molecular weight excluding hydrogens is 234 g/mol. The predicted octanol–water partition coefficient (Wildman–Crippen LogP) is 2.28. The first kappa shape index (κ1) is 12.9. The maximum atomic E-state index is 6.15. The topological polar surface area (TPSA) is 32.5 Å². The fraction of sp³-hybridized carbons (Fsp3) is 0.625. The molecule has 19 heavy (non-hydrogen) atoms. The van der Waals surface area contributed by atoms with Gasteiger partial charge < -0.3 is 10.6 Å². The standard InChI is InChI=1S/C16H25N3/c1-12-10-19(14-6-8-18(2)9-7-14)11-13-4-3-5-15(17)16(12)13/h3-5,12,14H,6-11,17H2,1-2H3. The van der Waals surface area contributed by atoms with Gasteiger partial charge in [-0.3, -0.25) is 4.90 Å². The van der Waals surface area contributed by atoms with Crippen LogP contribution in [0.25, 0.3) is 0 Å². The van der Waals surface area contributed by atoms with Crippen molar-refractivity contribution in [2.45, 2.75) is 38.3 Å². The summed E-state index contributed by atoms with van der Waals surface area (Å²) in [6, 6.07) is 7.15.